The quantitative estimate of drug-likeness (QED) is 0.292. The van der Waals surface area contributed by atoms with Crippen molar-refractivity contribution >= 4 is 63.0 Å². The molecule has 0 aliphatic rings. The molecule has 0 unspecified atom stereocenters. The van der Waals surface area contributed by atoms with E-state index in [1.807, 2.05) is 0 Å². The van der Waals surface area contributed by atoms with Crippen LogP contribution >= 0.6 is 0 Å². The normalized spacial score (nSPS) is 8.14. The van der Waals surface area contributed by atoms with E-state index in [0.29, 0.717) is 13.2 Å². The van der Waals surface area contributed by atoms with Gasteiger partial charge in [-0.2, -0.15) is 8.42 Å². The molecule has 0 aromatic rings. The molecule has 8 heteroatoms. The van der Waals surface area contributed by atoms with Crippen LogP contribution in [0, 0.1) is 0 Å². The minimum atomic E-state index is -4.67. The van der Waals surface area contributed by atoms with Crippen molar-refractivity contribution in [1.82, 2.24) is 0 Å². The van der Waals surface area contributed by atoms with Crippen molar-refractivity contribution in [2.24, 2.45) is 0 Å². The molecule has 0 aromatic carbocycles. The topological polar surface area (TPSA) is 83.8 Å². The SMILES string of the molecule is C=CCOCC=C.O=S(=O)(O)O.[MgH2].[NaH]. The fourth-order valence-electron chi connectivity index (χ4n) is 0.235. The molecule has 0 heterocycles. The average molecular weight is 247 g/mol. The fourth-order valence-corrected chi connectivity index (χ4v) is 0.235. The Morgan fingerprint density at radius 2 is 1.36 bits per heavy atom. The van der Waals surface area contributed by atoms with E-state index in [1.165, 1.54) is 0 Å². The maximum absolute atomic E-state index is 8.74. The molecule has 0 amide bonds. The summed E-state index contributed by atoms with van der Waals surface area (Å²) in [5.74, 6) is 0. The van der Waals surface area contributed by atoms with E-state index in [1.54, 1.807) is 12.2 Å². The van der Waals surface area contributed by atoms with Crippen molar-refractivity contribution in [1.29, 1.82) is 0 Å². The third-order valence-electron chi connectivity index (χ3n) is 0.471. The second kappa shape index (κ2) is 16.5. The van der Waals surface area contributed by atoms with E-state index in [0.717, 1.165) is 0 Å². The summed E-state index contributed by atoms with van der Waals surface area (Å²) in [6, 6.07) is 0. The monoisotopic (exact) mass is 246 g/mol. The fraction of sp³-hybridized carbons (Fsp3) is 0.333. The molecule has 0 saturated heterocycles. The van der Waals surface area contributed by atoms with Crippen LogP contribution in [0.25, 0.3) is 0 Å². The number of rotatable bonds is 4. The molecular formula is C6H15MgNaO5S. The van der Waals surface area contributed by atoms with Gasteiger partial charge in [-0.15, -0.1) is 13.2 Å². The molecule has 0 rings (SSSR count). The zero-order valence-corrected chi connectivity index (χ0v) is 7.33. The van der Waals surface area contributed by atoms with Gasteiger partial charge in [0.2, 0.25) is 0 Å². The third kappa shape index (κ3) is 74.0. The van der Waals surface area contributed by atoms with Crippen molar-refractivity contribution in [3.05, 3.63) is 25.3 Å². The Bertz CT molecular complexity index is 200. The van der Waals surface area contributed by atoms with E-state index in [4.69, 9.17) is 22.3 Å². The van der Waals surface area contributed by atoms with Crippen LogP contribution in [0.15, 0.2) is 25.3 Å². The summed E-state index contributed by atoms with van der Waals surface area (Å²) in [6.45, 7) is 8.18. The Labute approximate surface area is 123 Å². The summed E-state index contributed by atoms with van der Waals surface area (Å²) in [5, 5.41) is 0. The molecule has 0 aromatic heterocycles. The predicted molar refractivity (Wildman–Crippen MR) is 61.1 cm³/mol. The first-order valence-corrected chi connectivity index (χ1v) is 4.31. The first-order valence-electron chi connectivity index (χ1n) is 2.91. The van der Waals surface area contributed by atoms with Crippen LogP contribution in [0.1, 0.15) is 0 Å². The summed E-state index contributed by atoms with van der Waals surface area (Å²) in [6.07, 6.45) is 3.42. The zero-order valence-electron chi connectivity index (χ0n) is 6.51. The van der Waals surface area contributed by atoms with Crippen molar-refractivity contribution in [3.8, 4) is 0 Å². The summed E-state index contributed by atoms with van der Waals surface area (Å²) < 4.78 is 36.5. The van der Waals surface area contributed by atoms with Gasteiger partial charge < -0.3 is 4.74 Å². The number of hydrogen-bond donors (Lipinski definition) is 2. The van der Waals surface area contributed by atoms with Crippen molar-refractivity contribution < 1.29 is 22.3 Å². The molecule has 0 radical (unpaired) electrons. The Balaban J connectivity index is -0.0000000651. The summed E-state index contributed by atoms with van der Waals surface area (Å²) in [4.78, 5) is 0. The second-order valence-electron chi connectivity index (χ2n) is 1.56. The van der Waals surface area contributed by atoms with E-state index in [2.05, 4.69) is 13.2 Å². The summed E-state index contributed by atoms with van der Waals surface area (Å²) >= 11 is 0. The van der Waals surface area contributed by atoms with E-state index in [-0.39, 0.29) is 52.6 Å². The van der Waals surface area contributed by atoms with Crippen molar-refractivity contribution in [3.63, 3.8) is 0 Å². The van der Waals surface area contributed by atoms with Gasteiger partial charge in [0, 0.05) is 0 Å². The van der Waals surface area contributed by atoms with E-state index >= 15 is 0 Å². The third-order valence-corrected chi connectivity index (χ3v) is 0.471. The molecule has 0 saturated carbocycles. The molecule has 14 heavy (non-hydrogen) atoms. The molecule has 2 N–H and O–H groups in total. The molecule has 0 bridgehead atoms. The zero-order chi connectivity index (χ0) is 10.0. The van der Waals surface area contributed by atoms with Gasteiger partial charge in [-0.3, -0.25) is 9.11 Å². The van der Waals surface area contributed by atoms with Crippen LogP contribution in [-0.4, -0.2) is 83.3 Å². The first kappa shape index (κ1) is 24.3. The second-order valence-corrected chi connectivity index (χ2v) is 2.46. The van der Waals surface area contributed by atoms with Crippen LogP contribution in [0.3, 0.4) is 0 Å². The molecule has 78 valence electrons. The average Bonchev–Trinajstić information content (AvgIpc) is 1.85. The predicted octanol–water partition coefficient (Wildman–Crippen LogP) is -0.843. The Morgan fingerprint density at radius 1 is 1.14 bits per heavy atom. The van der Waals surface area contributed by atoms with Gasteiger partial charge in [0.15, 0.2) is 0 Å². The van der Waals surface area contributed by atoms with E-state index in [9.17, 15) is 0 Å². The van der Waals surface area contributed by atoms with Crippen molar-refractivity contribution in [2.45, 2.75) is 0 Å². The van der Waals surface area contributed by atoms with Crippen molar-refractivity contribution in [2.75, 3.05) is 13.2 Å². The molecule has 0 atom stereocenters. The van der Waals surface area contributed by atoms with Gasteiger partial charge in [0.05, 0.1) is 13.2 Å². The van der Waals surface area contributed by atoms with Gasteiger partial charge >= 0.3 is 63.0 Å². The first-order chi connectivity index (χ1) is 5.41. The Hall–Kier alpha value is 1.08. The van der Waals surface area contributed by atoms with Gasteiger partial charge in [-0.25, -0.2) is 0 Å². The standard InChI is InChI=1S/C6H10O.Mg.Na.H2O4S.3H/c1-3-5-7-6-4-2;;;1-5(2,3)4;;;/h3-4H,1-2,5-6H2;;;(H2,1,2,3,4);;;. The van der Waals surface area contributed by atoms with Crippen LogP contribution in [0.2, 0.25) is 0 Å². The maximum atomic E-state index is 8.74. The molecule has 0 spiro atoms. The summed E-state index contributed by atoms with van der Waals surface area (Å²) in [5.41, 5.74) is 0. The van der Waals surface area contributed by atoms with E-state index < -0.39 is 10.4 Å². The molecular weight excluding hydrogens is 231 g/mol. The number of hydrogen-bond acceptors (Lipinski definition) is 3. The minimum absolute atomic E-state index is 0. The van der Waals surface area contributed by atoms with Gasteiger partial charge in [0.25, 0.3) is 0 Å². The Kier molecular flexibility index (Phi) is 28.7. The van der Waals surface area contributed by atoms with Crippen LogP contribution < -0.4 is 0 Å². The molecule has 5 nitrogen and oxygen atoms in total. The van der Waals surface area contributed by atoms with Crippen LogP contribution in [0.4, 0.5) is 0 Å². The van der Waals surface area contributed by atoms with Crippen LogP contribution in [0.5, 0.6) is 0 Å². The van der Waals surface area contributed by atoms with Gasteiger partial charge in [-0.1, -0.05) is 12.2 Å². The van der Waals surface area contributed by atoms with Crippen LogP contribution in [-0.2, 0) is 15.1 Å². The molecule has 0 aliphatic heterocycles. The Morgan fingerprint density at radius 3 is 1.50 bits per heavy atom. The number of ether oxygens (including phenoxy) is 1. The summed E-state index contributed by atoms with van der Waals surface area (Å²) in [7, 11) is -4.67. The molecule has 0 fully saturated rings. The van der Waals surface area contributed by atoms with Gasteiger partial charge in [-0.05, 0) is 0 Å². The molecule has 0 aliphatic carbocycles. The van der Waals surface area contributed by atoms with Gasteiger partial charge in [0.1, 0.15) is 0 Å².